The highest BCUT2D eigenvalue weighted by atomic mass is 32.2. The number of imide groups is 1. The van der Waals surface area contributed by atoms with E-state index in [0.717, 1.165) is 22.4 Å². The predicted octanol–water partition coefficient (Wildman–Crippen LogP) is 4.80. The zero-order valence-corrected chi connectivity index (χ0v) is 18.1. The van der Waals surface area contributed by atoms with E-state index in [-0.39, 0.29) is 17.1 Å². The molecule has 1 aliphatic heterocycles. The van der Waals surface area contributed by atoms with Crippen molar-refractivity contribution in [2.45, 2.75) is 32.9 Å². The van der Waals surface area contributed by atoms with Gasteiger partial charge in [-0.1, -0.05) is 32.0 Å². The molecule has 2 amide bonds. The largest absolute Gasteiger partial charge is 0.378 e. The molecule has 0 atom stereocenters. The van der Waals surface area contributed by atoms with Crippen molar-refractivity contribution in [3.63, 3.8) is 0 Å². The van der Waals surface area contributed by atoms with E-state index in [1.807, 2.05) is 89.2 Å². The highest BCUT2D eigenvalue weighted by Crippen LogP contribution is 2.40. The van der Waals surface area contributed by atoms with Crippen LogP contribution in [0, 0.1) is 13.8 Å². The minimum atomic E-state index is -0.256. The number of rotatable bonds is 5. The summed E-state index contributed by atoms with van der Waals surface area (Å²) in [6.07, 6.45) is 0. The van der Waals surface area contributed by atoms with Crippen LogP contribution < -0.4 is 9.80 Å². The molecule has 0 aromatic heterocycles. The molecule has 0 spiro atoms. The third-order valence-electron chi connectivity index (χ3n) is 4.81. The lowest BCUT2D eigenvalue weighted by atomic mass is 10.0. The van der Waals surface area contributed by atoms with E-state index in [9.17, 15) is 9.59 Å². The van der Waals surface area contributed by atoms with Gasteiger partial charge >= 0.3 is 0 Å². The van der Waals surface area contributed by atoms with Gasteiger partial charge in [-0.15, -0.1) is 11.8 Å². The Bertz CT molecular complexity index is 959. The van der Waals surface area contributed by atoms with Crippen LogP contribution in [0.5, 0.6) is 0 Å². The molecule has 0 bridgehead atoms. The number of amides is 2. The number of hydrogen-bond donors (Lipinski definition) is 0. The van der Waals surface area contributed by atoms with Crippen LogP contribution in [0.15, 0.2) is 47.4 Å². The van der Waals surface area contributed by atoms with Crippen LogP contribution >= 0.6 is 11.8 Å². The highest BCUT2D eigenvalue weighted by molar-refractivity contribution is 8.04. The smallest absolute Gasteiger partial charge is 0.272 e. The molecule has 2 aromatic rings. The minimum absolute atomic E-state index is 0.198. The Morgan fingerprint density at radius 2 is 1.54 bits per heavy atom. The first-order valence-corrected chi connectivity index (χ1v) is 10.2. The minimum Gasteiger partial charge on any atom is -0.378 e. The van der Waals surface area contributed by atoms with Crippen LogP contribution in [0.1, 0.15) is 30.5 Å². The lowest BCUT2D eigenvalue weighted by molar-refractivity contribution is -0.119. The van der Waals surface area contributed by atoms with Gasteiger partial charge in [0, 0.05) is 25.0 Å². The first kappa shape index (κ1) is 20.2. The molecule has 28 heavy (non-hydrogen) atoms. The number of aryl methyl sites for hydroxylation is 2. The summed E-state index contributed by atoms with van der Waals surface area (Å²) >= 11 is 1.45. The Balaban J connectivity index is 2.07. The van der Waals surface area contributed by atoms with Crippen molar-refractivity contribution in [3.8, 4) is 0 Å². The quantitative estimate of drug-likeness (QED) is 0.684. The van der Waals surface area contributed by atoms with E-state index in [1.165, 1.54) is 16.7 Å². The number of benzene rings is 2. The molecule has 0 unspecified atom stereocenters. The molecular weight excluding hydrogens is 368 g/mol. The average molecular weight is 395 g/mol. The lowest BCUT2D eigenvalue weighted by Crippen LogP contribution is -2.31. The SMILES string of the molecule is Cc1ccc(C2=C(SC(C)C)C(=O)N(c3ccc(N(C)C)cc3)C2=O)cc1C. The molecule has 0 N–H and O–H groups in total. The van der Waals surface area contributed by atoms with Crippen molar-refractivity contribution in [2.24, 2.45) is 0 Å². The first-order valence-electron chi connectivity index (χ1n) is 9.35. The second-order valence-electron chi connectivity index (χ2n) is 7.53. The summed E-state index contributed by atoms with van der Waals surface area (Å²) in [6.45, 7) is 8.12. The predicted molar refractivity (Wildman–Crippen MR) is 119 cm³/mol. The molecule has 0 aliphatic carbocycles. The van der Waals surface area contributed by atoms with Crippen molar-refractivity contribution < 1.29 is 9.59 Å². The Labute approximate surface area is 171 Å². The highest BCUT2D eigenvalue weighted by Gasteiger charge is 2.40. The van der Waals surface area contributed by atoms with E-state index < -0.39 is 0 Å². The second kappa shape index (κ2) is 7.84. The standard InChI is InChI=1S/C23H26N2O2S/c1-14(2)28-21-20(17-8-7-15(3)16(4)13-17)22(26)25(23(21)27)19-11-9-18(10-12-19)24(5)6/h7-14H,1-6H3. The van der Waals surface area contributed by atoms with Crippen molar-refractivity contribution in [1.29, 1.82) is 0 Å². The van der Waals surface area contributed by atoms with Gasteiger partial charge in [-0.2, -0.15) is 0 Å². The van der Waals surface area contributed by atoms with Gasteiger partial charge in [0.05, 0.1) is 16.2 Å². The number of carbonyl (C=O) groups is 2. The summed E-state index contributed by atoms with van der Waals surface area (Å²) in [5.74, 6) is -0.497. The van der Waals surface area contributed by atoms with Gasteiger partial charge in [-0.25, -0.2) is 4.90 Å². The van der Waals surface area contributed by atoms with Crippen molar-refractivity contribution in [3.05, 3.63) is 64.1 Å². The fraction of sp³-hybridized carbons (Fsp3) is 0.304. The number of anilines is 2. The average Bonchev–Trinajstić information content (AvgIpc) is 2.87. The van der Waals surface area contributed by atoms with E-state index in [1.54, 1.807) is 0 Å². The maximum Gasteiger partial charge on any atom is 0.272 e. The molecule has 1 aliphatic rings. The number of carbonyl (C=O) groups excluding carboxylic acids is 2. The Morgan fingerprint density at radius 3 is 2.07 bits per heavy atom. The summed E-state index contributed by atoms with van der Waals surface area (Å²) in [4.78, 5) is 30.4. The number of hydrogen-bond acceptors (Lipinski definition) is 4. The van der Waals surface area contributed by atoms with Crippen LogP contribution in [0.25, 0.3) is 5.57 Å². The molecule has 1 heterocycles. The van der Waals surface area contributed by atoms with Gasteiger partial charge < -0.3 is 4.90 Å². The molecule has 0 fully saturated rings. The second-order valence-corrected chi connectivity index (χ2v) is 9.11. The van der Waals surface area contributed by atoms with Crippen molar-refractivity contribution >= 4 is 40.5 Å². The maximum atomic E-state index is 13.3. The van der Waals surface area contributed by atoms with Crippen LogP contribution in [0.4, 0.5) is 11.4 Å². The Hall–Kier alpha value is -2.53. The molecule has 0 saturated carbocycles. The summed E-state index contributed by atoms with van der Waals surface area (Å²) < 4.78 is 0. The number of thioether (sulfide) groups is 1. The molecule has 0 radical (unpaired) electrons. The summed E-state index contributed by atoms with van der Waals surface area (Å²) in [6, 6.07) is 13.4. The summed E-state index contributed by atoms with van der Waals surface area (Å²) in [7, 11) is 3.91. The van der Waals surface area contributed by atoms with Gasteiger partial charge in [0.2, 0.25) is 0 Å². The van der Waals surface area contributed by atoms with E-state index >= 15 is 0 Å². The first-order chi connectivity index (χ1) is 13.2. The monoisotopic (exact) mass is 394 g/mol. The molecule has 5 heteroatoms. The lowest BCUT2D eigenvalue weighted by Gasteiger charge is -2.18. The van der Waals surface area contributed by atoms with E-state index in [4.69, 9.17) is 0 Å². The number of nitrogens with zero attached hydrogens (tertiary/aromatic N) is 2. The normalized spacial score (nSPS) is 14.5. The molecule has 3 rings (SSSR count). The van der Waals surface area contributed by atoms with E-state index in [0.29, 0.717) is 16.2 Å². The molecule has 2 aromatic carbocycles. The van der Waals surface area contributed by atoms with Gasteiger partial charge in [0.15, 0.2) is 0 Å². The van der Waals surface area contributed by atoms with Gasteiger partial charge in [-0.05, 0) is 54.8 Å². The zero-order chi connectivity index (χ0) is 20.6. The Kier molecular flexibility index (Phi) is 5.66. The zero-order valence-electron chi connectivity index (χ0n) is 17.2. The molecule has 4 nitrogen and oxygen atoms in total. The van der Waals surface area contributed by atoms with Crippen LogP contribution in [0.3, 0.4) is 0 Å². The fourth-order valence-corrected chi connectivity index (χ4v) is 4.13. The third kappa shape index (κ3) is 3.72. The topological polar surface area (TPSA) is 40.6 Å². The Morgan fingerprint density at radius 1 is 0.893 bits per heavy atom. The summed E-state index contributed by atoms with van der Waals surface area (Å²) in [5.41, 5.74) is 5.19. The third-order valence-corrected chi connectivity index (χ3v) is 5.90. The van der Waals surface area contributed by atoms with Gasteiger partial charge in [-0.3, -0.25) is 9.59 Å². The summed E-state index contributed by atoms with van der Waals surface area (Å²) in [5, 5.41) is 0.198. The van der Waals surface area contributed by atoms with Crippen LogP contribution in [-0.2, 0) is 9.59 Å². The van der Waals surface area contributed by atoms with Crippen molar-refractivity contribution in [1.82, 2.24) is 0 Å². The van der Waals surface area contributed by atoms with Gasteiger partial charge in [0.1, 0.15) is 0 Å². The maximum absolute atomic E-state index is 13.3. The molecule has 146 valence electrons. The van der Waals surface area contributed by atoms with Gasteiger partial charge in [0.25, 0.3) is 11.8 Å². The van der Waals surface area contributed by atoms with E-state index in [2.05, 4.69) is 0 Å². The van der Waals surface area contributed by atoms with Crippen LogP contribution in [-0.4, -0.2) is 31.2 Å². The fourth-order valence-electron chi connectivity index (χ4n) is 3.14. The van der Waals surface area contributed by atoms with Crippen LogP contribution in [0.2, 0.25) is 0 Å². The van der Waals surface area contributed by atoms with Crippen molar-refractivity contribution in [2.75, 3.05) is 23.9 Å². The molecule has 0 saturated heterocycles. The molecular formula is C23H26N2O2S.